The maximum Gasteiger partial charge on any atom is 0.387 e. The highest BCUT2D eigenvalue weighted by atomic mass is 19.3. The molecular weight excluding hydrogens is 276 g/mol. The number of ether oxygens (including phenoxy) is 2. The Morgan fingerprint density at radius 1 is 1.29 bits per heavy atom. The Morgan fingerprint density at radius 2 is 2.05 bits per heavy atom. The maximum absolute atomic E-state index is 12.2. The Hall–Kier alpha value is -1.20. The molecule has 3 nitrogen and oxygen atoms in total. The van der Waals surface area contributed by atoms with Crippen molar-refractivity contribution in [3.63, 3.8) is 0 Å². The summed E-state index contributed by atoms with van der Waals surface area (Å²) in [4.78, 5) is 0. The van der Waals surface area contributed by atoms with Gasteiger partial charge in [0, 0.05) is 12.6 Å². The van der Waals surface area contributed by atoms with Crippen LogP contribution in [-0.2, 0) is 4.74 Å². The zero-order valence-corrected chi connectivity index (χ0v) is 12.4. The second-order valence-electron chi connectivity index (χ2n) is 5.40. The first kappa shape index (κ1) is 16.2. The Morgan fingerprint density at radius 3 is 2.76 bits per heavy atom. The molecule has 5 heteroatoms. The van der Waals surface area contributed by atoms with Crippen molar-refractivity contribution in [2.75, 3.05) is 13.2 Å². The lowest BCUT2D eigenvalue weighted by atomic mass is 10.1. The van der Waals surface area contributed by atoms with E-state index < -0.39 is 6.61 Å². The molecule has 1 N–H and O–H groups in total. The zero-order chi connectivity index (χ0) is 15.1. The fourth-order valence-electron chi connectivity index (χ4n) is 2.63. The summed E-state index contributed by atoms with van der Waals surface area (Å²) in [6.45, 7) is 0.639. The van der Waals surface area contributed by atoms with Crippen LogP contribution in [0, 0.1) is 0 Å². The van der Waals surface area contributed by atoms with Crippen LogP contribution in [-0.4, -0.2) is 25.9 Å². The zero-order valence-electron chi connectivity index (χ0n) is 12.4. The molecule has 0 amide bonds. The number of halogens is 2. The lowest BCUT2D eigenvalue weighted by molar-refractivity contribution is -0.0499. The number of hydrogen-bond acceptors (Lipinski definition) is 3. The molecule has 21 heavy (non-hydrogen) atoms. The van der Waals surface area contributed by atoms with Gasteiger partial charge in [-0.2, -0.15) is 8.78 Å². The molecule has 0 radical (unpaired) electrons. The highest BCUT2D eigenvalue weighted by Gasteiger charge is 2.15. The first-order valence-corrected chi connectivity index (χ1v) is 7.55. The lowest BCUT2D eigenvalue weighted by Crippen LogP contribution is -2.25. The average molecular weight is 299 g/mol. The van der Waals surface area contributed by atoms with Gasteiger partial charge in [-0.05, 0) is 37.5 Å². The van der Waals surface area contributed by atoms with Crippen LogP contribution < -0.4 is 10.1 Å². The average Bonchev–Trinajstić information content (AvgIpc) is 2.96. The predicted octanol–water partition coefficient (Wildman–Crippen LogP) is 3.90. The van der Waals surface area contributed by atoms with E-state index in [-0.39, 0.29) is 11.8 Å². The lowest BCUT2D eigenvalue weighted by Gasteiger charge is -2.17. The van der Waals surface area contributed by atoms with E-state index in [4.69, 9.17) is 4.74 Å². The Bertz CT molecular complexity index is 422. The minimum atomic E-state index is -2.79. The molecule has 1 saturated carbocycles. The topological polar surface area (TPSA) is 30.5 Å². The third kappa shape index (κ3) is 5.59. The third-order valence-electron chi connectivity index (χ3n) is 3.79. The van der Waals surface area contributed by atoms with Gasteiger partial charge in [0.2, 0.25) is 0 Å². The van der Waals surface area contributed by atoms with Gasteiger partial charge in [-0.25, -0.2) is 0 Å². The molecule has 0 heterocycles. The van der Waals surface area contributed by atoms with Gasteiger partial charge in [-0.1, -0.05) is 25.0 Å². The van der Waals surface area contributed by atoms with E-state index in [1.807, 2.05) is 13.0 Å². The van der Waals surface area contributed by atoms with Crippen molar-refractivity contribution in [2.45, 2.75) is 51.4 Å². The van der Waals surface area contributed by atoms with Crippen molar-refractivity contribution in [2.24, 2.45) is 0 Å². The molecule has 1 aliphatic rings. The summed E-state index contributed by atoms with van der Waals surface area (Å²) in [5.41, 5.74) is 0.925. The summed E-state index contributed by atoms with van der Waals surface area (Å²) in [5, 5.41) is 3.34. The van der Waals surface area contributed by atoms with Gasteiger partial charge in [0.05, 0.1) is 12.7 Å². The summed E-state index contributed by atoms with van der Waals surface area (Å²) in [7, 11) is 0. The number of alkyl halides is 2. The Kier molecular flexibility index (Phi) is 6.39. The monoisotopic (exact) mass is 299 g/mol. The summed E-state index contributed by atoms with van der Waals surface area (Å²) in [6, 6.07) is 6.86. The standard InChI is InChI=1S/C16H23F2NO2/c1-12(19-9-10-20-14-6-2-3-7-14)13-5-4-8-15(11-13)21-16(17)18/h4-5,8,11-12,14,16,19H,2-3,6-7,9-10H2,1H3. The van der Waals surface area contributed by atoms with Crippen LogP contribution in [0.4, 0.5) is 8.78 Å². The van der Waals surface area contributed by atoms with Gasteiger partial charge < -0.3 is 14.8 Å². The van der Waals surface area contributed by atoms with Crippen molar-refractivity contribution < 1.29 is 18.3 Å². The molecule has 1 aromatic carbocycles. The van der Waals surface area contributed by atoms with E-state index in [0.29, 0.717) is 12.7 Å². The molecule has 0 spiro atoms. The van der Waals surface area contributed by atoms with Gasteiger partial charge in [-0.3, -0.25) is 0 Å². The van der Waals surface area contributed by atoms with Crippen LogP contribution in [0.1, 0.15) is 44.2 Å². The summed E-state index contributed by atoms with van der Waals surface area (Å²) >= 11 is 0. The quantitative estimate of drug-likeness (QED) is 0.739. The molecule has 0 saturated heterocycles. The summed E-state index contributed by atoms with van der Waals surface area (Å²) in [6.07, 6.45) is 5.30. The molecule has 1 aliphatic carbocycles. The van der Waals surface area contributed by atoms with Crippen molar-refractivity contribution in [3.05, 3.63) is 29.8 Å². The Balaban J connectivity index is 1.73. The van der Waals surface area contributed by atoms with Gasteiger partial charge in [0.25, 0.3) is 0 Å². The summed E-state index contributed by atoms with van der Waals surface area (Å²) < 4.78 is 34.6. The van der Waals surface area contributed by atoms with E-state index >= 15 is 0 Å². The van der Waals surface area contributed by atoms with E-state index in [1.54, 1.807) is 12.1 Å². The molecule has 1 unspecified atom stereocenters. The van der Waals surface area contributed by atoms with Crippen molar-refractivity contribution in [1.82, 2.24) is 5.32 Å². The van der Waals surface area contributed by atoms with Gasteiger partial charge in [0.15, 0.2) is 0 Å². The number of nitrogens with one attached hydrogen (secondary N) is 1. The van der Waals surface area contributed by atoms with E-state index in [2.05, 4.69) is 10.1 Å². The molecule has 0 aromatic heterocycles. The van der Waals surface area contributed by atoms with Gasteiger partial charge in [0.1, 0.15) is 5.75 Å². The van der Waals surface area contributed by atoms with Crippen LogP contribution in [0.5, 0.6) is 5.75 Å². The molecule has 0 bridgehead atoms. The van der Waals surface area contributed by atoms with Gasteiger partial charge >= 0.3 is 6.61 Å². The number of benzene rings is 1. The molecule has 1 atom stereocenters. The highest BCUT2D eigenvalue weighted by molar-refractivity contribution is 5.30. The fourth-order valence-corrected chi connectivity index (χ4v) is 2.63. The number of hydrogen-bond donors (Lipinski definition) is 1. The van der Waals surface area contributed by atoms with E-state index in [1.165, 1.54) is 31.7 Å². The summed E-state index contributed by atoms with van der Waals surface area (Å²) in [5.74, 6) is 0.193. The highest BCUT2D eigenvalue weighted by Crippen LogP contribution is 2.22. The molecule has 1 fully saturated rings. The normalized spacial score (nSPS) is 17.3. The SMILES string of the molecule is CC(NCCOC1CCCC1)c1cccc(OC(F)F)c1. The van der Waals surface area contributed by atoms with Crippen LogP contribution in [0.3, 0.4) is 0 Å². The maximum atomic E-state index is 12.2. The largest absolute Gasteiger partial charge is 0.435 e. The molecule has 118 valence electrons. The second kappa shape index (κ2) is 8.29. The van der Waals surface area contributed by atoms with Crippen molar-refractivity contribution in [1.29, 1.82) is 0 Å². The molecule has 1 aromatic rings. The van der Waals surface area contributed by atoms with Crippen molar-refractivity contribution >= 4 is 0 Å². The molecular formula is C16H23F2NO2. The first-order chi connectivity index (χ1) is 10.1. The number of rotatable bonds is 8. The third-order valence-corrected chi connectivity index (χ3v) is 3.79. The molecule has 0 aliphatic heterocycles. The van der Waals surface area contributed by atoms with E-state index in [0.717, 1.165) is 12.1 Å². The van der Waals surface area contributed by atoms with Crippen LogP contribution >= 0.6 is 0 Å². The smallest absolute Gasteiger partial charge is 0.387 e. The van der Waals surface area contributed by atoms with E-state index in [9.17, 15) is 8.78 Å². The first-order valence-electron chi connectivity index (χ1n) is 7.55. The fraction of sp³-hybridized carbons (Fsp3) is 0.625. The molecule has 2 rings (SSSR count). The minimum Gasteiger partial charge on any atom is -0.435 e. The van der Waals surface area contributed by atoms with Gasteiger partial charge in [-0.15, -0.1) is 0 Å². The minimum absolute atomic E-state index is 0.0680. The second-order valence-corrected chi connectivity index (χ2v) is 5.40. The van der Waals surface area contributed by atoms with Crippen LogP contribution in [0.15, 0.2) is 24.3 Å². The Labute approximate surface area is 124 Å². The predicted molar refractivity (Wildman–Crippen MR) is 77.7 cm³/mol. The van der Waals surface area contributed by atoms with Crippen LogP contribution in [0.25, 0.3) is 0 Å². The van der Waals surface area contributed by atoms with Crippen molar-refractivity contribution in [3.8, 4) is 5.75 Å². The van der Waals surface area contributed by atoms with Crippen LogP contribution in [0.2, 0.25) is 0 Å².